The number of anilines is 2. The Bertz CT molecular complexity index is 2470. The molecular weight excluding hydrogens is 851 g/mol. The van der Waals surface area contributed by atoms with Gasteiger partial charge < -0.3 is 64.7 Å². The second-order valence-corrected chi connectivity index (χ2v) is 15.4. The van der Waals surface area contributed by atoms with Gasteiger partial charge >= 0.3 is 18.0 Å². The van der Waals surface area contributed by atoms with Crippen molar-refractivity contribution in [2.45, 2.75) is 69.0 Å². The summed E-state index contributed by atoms with van der Waals surface area (Å²) < 4.78 is 33.7. The number of hydrogen-bond acceptors (Lipinski definition) is 15. The fourth-order valence-electron chi connectivity index (χ4n) is 7.40. The van der Waals surface area contributed by atoms with Gasteiger partial charge in [-0.3, -0.25) is 28.9 Å². The molecule has 1 aromatic heterocycles. The zero-order chi connectivity index (χ0) is 46.0. The number of nitrogens with one attached hydrogen (secondary N) is 2. The number of carboxylic acid groups (broad SMARTS) is 2. The molecular formula is C41H43FN6O16. The Morgan fingerprint density at radius 1 is 0.859 bits per heavy atom. The van der Waals surface area contributed by atoms with E-state index in [1.54, 1.807) is 9.47 Å². The van der Waals surface area contributed by atoms with Gasteiger partial charge in [0.05, 0.1) is 16.9 Å². The number of fused-ring (bicyclic) bond motifs is 1. The summed E-state index contributed by atoms with van der Waals surface area (Å²) in [5, 5.41) is 55.0. The monoisotopic (exact) mass is 894 g/mol. The third kappa shape index (κ3) is 9.81. The summed E-state index contributed by atoms with van der Waals surface area (Å²) in [6, 6.07) is 6.58. The SMILES string of the molecule is O=C(CCN1C(=O)C=CC1=O)NCCC(=O)Nc1cc(COC(=O)N2CCN(c3cc4c(cc3F)c(=O)c(C(=O)O)cn4C3CC3)CC2)ccc1O[C@@H]1O[C@H](C(=O)O)[C@@H](O)[C@H](O)[C@H]1O. The van der Waals surface area contributed by atoms with E-state index in [1.807, 2.05) is 0 Å². The van der Waals surface area contributed by atoms with Gasteiger partial charge in [0.15, 0.2) is 6.10 Å². The maximum atomic E-state index is 15.5. The molecule has 2 aromatic carbocycles. The van der Waals surface area contributed by atoms with Crippen molar-refractivity contribution in [2.24, 2.45) is 0 Å². The number of ether oxygens (including phenoxy) is 3. The number of aromatic nitrogens is 1. The Balaban J connectivity index is 0.987. The van der Waals surface area contributed by atoms with E-state index in [0.717, 1.165) is 36.0 Å². The smallest absolute Gasteiger partial charge is 0.410 e. The van der Waals surface area contributed by atoms with Gasteiger partial charge in [0.25, 0.3) is 11.8 Å². The average molecular weight is 895 g/mol. The molecule has 1 aliphatic carbocycles. The molecule has 0 radical (unpaired) electrons. The first-order chi connectivity index (χ1) is 30.5. The van der Waals surface area contributed by atoms with Gasteiger partial charge in [0, 0.05) is 81.9 Å². The van der Waals surface area contributed by atoms with E-state index in [-0.39, 0.29) is 87.3 Å². The zero-order valence-electron chi connectivity index (χ0n) is 33.8. The van der Waals surface area contributed by atoms with E-state index in [0.29, 0.717) is 11.1 Å². The fraction of sp³-hybridized carbons (Fsp3) is 0.415. The summed E-state index contributed by atoms with van der Waals surface area (Å²) in [6.45, 7) is -0.108. The molecule has 340 valence electrons. The number of hydrogen-bond donors (Lipinski definition) is 7. The molecule has 22 nitrogen and oxygen atoms in total. The second-order valence-electron chi connectivity index (χ2n) is 15.4. The molecule has 7 rings (SSSR count). The Labute approximate surface area is 361 Å². The highest BCUT2D eigenvalue weighted by atomic mass is 19.1. The van der Waals surface area contributed by atoms with Crippen molar-refractivity contribution in [1.82, 2.24) is 19.7 Å². The van der Waals surface area contributed by atoms with Gasteiger partial charge in [-0.2, -0.15) is 0 Å². The van der Waals surface area contributed by atoms with Crippen molar-refractivity contribution < 1.29 is 77.7 Å². The molecule has 64 heavy (non-hydrogen) atoms. The summed E-state index contributed by atoms with van der Waals surface area (Å²) in [4.78, 5) is 102. The largest absolute Gasteiger partial charge is 0.479 e. The topological polar surface area (TPSA) is 304 Å². The molecule has 3 aromatic rings. The first kappa shape index (κ1) is 45.1. The number of pyridine rings is 1. The van der Waals surface area contributed by atoms with Crippen LogP contribution in [0.25, 0.3) is 10.9 Å². The Morgan fingerprint density at radius 3 is 2.22 bits per heavy atom. The number of nitrogens with zero attached hydrogens (tertiary/aromatic N) is 4. The minimum absolute atomic E-state index is 0.0187. The summed E-state index contributed by atoms with van der Waals surface area (Å²) in [7, 11) is 0. The molecule has 2 saturated heterocycles. The lowest BCUT2D eigenvalue weighted by atomic mass is 9.99. The van der Waals surface area contributed by atoms with Crippen LogP contribution in [0.1, 0.15) is 47.6 Å². The van der Waals surface area contributed by atoms with E-state index < -0.39 is 89.2 Å². The minimum atomic E-state index is -2.00. The highest BCUT2D eigenvalue weighted by molar-refractivity contribution is 6.13. The molecule has 4 heterocycles. The van der Waals surface area contributed by atoms with E-state index in [1.165, 1.54) is 35.4 Å². The summed E-state index contributed by atoms with van der Waals surface area (Å²) in [5.41, 5.74) is -0.442. The van der Waals surface area contributed by atoms with E-state index in [9.17, 15) is 63.9 Å². The number of rotatable bonds is 15. The summed E-state index contributed by atoms with van der Waals surface area (Å²) in [5.74, 6) is -6.33. The number of aliphatic hydroxyl groups excluding tert-OH is 3. The molecule has 3 fully saturated rings. The van der Waals surface area contributed by atoms with Crippen LogP contribution in [0, 0.1) is 5.82 Å². The number of aliphatic hydroxyl groups is 3. The number of carbonyl (C=O) groups excluding carboxylic acids is 5. The van der Waals surface area contributed by atoms with Crippen molar-refractivity contribution in [3.05, 3.63) is 75.8 Å². The zero-order valence-corrected chi connectivity index (χ0v) is 33.8. The number of amides is 5. The van der Waals surface area contributed by atoms with Crippen LogP contribution in [0.5, 0.6) is 5.75 Å². The Kier molecular flexibility index (Phi) is 13.2. The fourth-order valence-corrected chi connectivity index (χ4v) is 7.40. The molecule has 0 bridgehead atoms. The first-order valence-electron chi connectivity index (χ1n) is 20.1. The standard InChI is InChI=1S/C41H43FN6O16/c42-24-16-22-26(48(21-2-3-21)18-23(33(22)53)38(57)58)17-27(24)45-11-13-46(14-12-45)41(61)62-19-20-1-4-28(63-40-36(56)34(54)35(55)37(64-40)39(59)60)25(15-20)44-30(50)7-9-43-29(49)8-10-47-31(51)5-6-32(47)52/h1,4-6,15-18,21,34-37,40,54-56H,2-3,7-14,19H2,(H,43,49)(H,44,50)(H,57,58)(H,59,60)/t34-,35-,36+,37-,40+/m0/s1. The predicted octanol–water partition coefficient (Wildman–Crippen LogP) is -0.337. The van der Waals surface area contributed by atoms with Gasteiger partial charge in [0.2, 0.25) is 23.5 Å². The second kappa shape index (κ2) is 18.8. The van der Waals surface area contributed by atoms with E-state index >= 15 is 4.39 Å². The van der Waals surface area contributed by atoms with Crippen LogP contribution in [0.4, 0.5) is 20.6 Å². The molecule has 1 saturated carbocycles. The van der Waals surface area contributed by atoms with Gasteiger partial charge in [-0.15, -0.1) is 0 Å². The molecule has 0 spiro atoms. The maximum Gasteiger partial charge on any atom is 0.410 e. The number of aromatic carboxylic acids is 1. The average Bonchev–Trinajstić information content (AvgIpc) is 4.06. The molecule has 0 unspecified atom stereocenters. The molecule has 3 aliphatic heterocycles. The van der Waals surface area contributed by atoms with E-state index in [2.05, 4.69) is 10.6 Å². The highest BCUT2D eigenvalue weighted by Gasteiger charge is 2.48. The van der Waals surface area contributed by atoms with Crippen molar-refractivity contribution in [3.8, 4) is 5.75 Å². The number of benzene rings is 2. The van der Waals surface area contributed by atoms with Crippen LogP contribution in [-0.4, -0.2) is 152 Å². The summed E-state index contributed by atoms with van der Waals surface area (Å²) >= 11 is 0. The highest BCUT2D eigenvalue weighted by Crippen LogP contribution is 2.38. The Hall–Kier alpha value is -6.95. The van der Waals surface area contributed by atoms with Crippen molar-refractivity contribution in [2.75, 3.05) is 49.5 Å². The maximum absolute atomic E-state index is 15.5. The quantitative estimate of drug-likeness (QED) is 0.0961. The predicted molar refractivity (Wildman–Crippen MR) is 215 cm³/mol. The van der Waals surface area contributed by atoms with Crippen LogP contribution in [0.3, 0.4) is 0 Å². The lowest BCUT2D eigenvalue weighted by Crippen LogP contribution is -2.61. The number of imide groups is 1. The van der Waals surface area contributed by atoms with Crippen molar-refractivity contribution in [1.29, 1.82) is 0 Å². The Morgan fingerprint density at radius 2 is 1.56 bits per heavy atom. The van der Waals surface area contributed by atoms with Crippen LogP contribution in [0.2, 0.25) is 0 Å². The normalized spacial score (nSPS) is 22.1. The first-order valence-corrected chi connectivity index (χ1v) is 20.1. The van der Waals surface area contributed by atoms with Crippen molar-refractivity contribution in [3.63, 3.8) is 0 Å². The van der Waals surface area contributed by atoms with Crippen LogP contribution in [0.15, 0.2) is 53.5 Å². The van der Waals surface area contributed by atoms with Gasteiger partial charge in [-0.1, -0.05) is 6.07 Å². The lowest BCUT2D eigenvalue weighted by molar-refractivity contribution is -0.271. The van der Waals surface area contributed by atoms with Gasteiger partial charge in [-0.25, -0.2) is 18.8 Å². The number of carbonyl (C=O) groups is 7. The lowest BCUT2D eigenvalue weighted by Gasteiger charge is -2.38. The number of aliphatic carboxylic acids is 1. The third-order valence-electron chi connectivity index (χ3n) is 11.0. The molecule has 7 N–H and O–H groups in total. The van der Waals surface area contributed by atoms with Crippen LogP contribution in [-0.2, 0) is 40.1 Å². The van der Waals surface area contributed by atoms with Crippen LogP contribution < -0.4 is 25.7 Å². The number of carboxylic acids is 2. The number of halogens is 1. The summed E-state index contributed by atoms with van der Waals surface area (Å²) in [6.07, 6.45) is -6.02. The molecule has 5 atom stereocenters. The van der Waals surface area contributed by atoms with E-state index in [4.69, 9.17) is 14.2 Å². The van der Waals surface area contributed by atoms with Crippen molar-refractivity contribution >= 4 is 63.9 Å². The van der Waals surface area contributed by atoms with Crippen LogP contribution >= 0.6 is 0 Å². The third-order valence-corrected chi connectivity index (χ3v) is 11.0. The molecule has 4 aliphatic rings. The number of piperazine rings is 1. The minimum Gasteiger partial charge on any atom is -0.479 e. The molecule has 23 heteroatoms. The molecule has 5 amide bonds. The van der Waals surface area contributed by atoms with Gasteiger partial charge in [-0.05, 0) is 42.7 Å². The van der Waals surface area contributed by atoms with Gasteiger partial charge in [0.1, 0.15) is 42.0 Å².